The van der Waals surface area contributed by atoms with E-state index in [2.05, 4.69) is 22.2 Å². The third-order valence-electron chi connectivity index (χ3n) is 5.46. The molecule has 0 saturated carbocycles. The molecule has 2 aromatic carbocycles. The smallest absolute Gasteiger partial charge is 0.272 e. The Morgan fingerprint density at radius 3 is 2.34 bits per heavy atom. The Labute approximate surface area is 168 Å². The van der Waals surface area contributed by atoms with Gasteiger partial charge < -0.3 is 19.7 Å². The highest BCUT2D eigenvalue weighted by Gasteiger charge is 2.17. The van der Waals surface area contributed by atoms with Gasteiger partial charge in [0, 0.05) is 67.6 Å². The molecule has 1 fully saturated rings. The monoisotopic (exact) mass is 393 g/mol. The summed E-state index contributed by atoms with van der Waals surface area (Å²) in [7, 11) is 3.90. The molecule has 0 unspecified atom stereocenters. The average Bonchev–Trinajstić information content (AvgIpc) is 3.05. The minimum Gasteiger partial charge on any atom is -0.369 e. The van der Waals surface area contributed by atoms with Gasteiger partial charge in [0.15, 0.2) is 0 Å². The van der Waals surface area contributed by atoms with Crippen LogP contribution in [0.5, 0.6) is 0 Å². The summed E-state index contributed by atoms with van der Waals surface area (Å²) < 4.78 is 1.74. The lowest BCUT2D eigenvalue weighted by Gasteiger charge is -2.34. The Balaban J connectivity index is 1.50. The van der Waals surface area contributed by atoms with E-state index in [1.165, 1.54) is 12.1 Å². The van der Waals surface area contributed by atoms with Crippen LogP contribution in [0.25, 0.3) is 10.9 Å². The normalized spacial score (nSPS) is 14.9. The van der Waals surface area contributed by atoms with Crippen LogP contribution in [0.3, 0.4) is 0 Å². The van der Waals surface area contributed by atoms with Crippen molar-refractivity contribution in [2.45, 2.75) is 0 Å². The van der Waals surface area contributed by atoms with Gasteiger partial charge in [-0.25, -0.2) is 0 Å². The molecule has 1 aromatic heterocycles. The van der Waals surface area contributed by atoms with Crippen LogP contribution >= 0.6 is 0 Å². The highest BCUT2D eigenvalue weighted by Crippen LogP contribution is 2.25. The van der Waals surface area contributed by atoms with E-state index >= 15 is 0 Å². The topological polar surface area (TPSA) is 83.7 Å². The van der Waals surface area contributed by atoms with E-state index < -0.39 is 4.92 Å². The van der Waals surface area contributed by atoms with E-state index in [0.717, 1.165) is 37.4 Å². The maximum absolute atomic E-state index is 12.8. The Hall–Kier alpha value is -3.39. The van der Waals surface area contributed by atoms with Crippen molar-refractivity contribution in [1.82, 2.24) is 9.47 Å². The summed E-state index contributed by atoms with van der Waals surface area (Å²) in [6.45, 7) is 4.06. The van der Waals surface area contributed by atoms with Crippen LogP contribution in [0.15, 0.2) is 48.5 Å². The van der Waals surface area contributed by atoms with Gasteiger partial charge in [0.05, 0.1) is 4.92 Å². The van der Waals surface area contributed by atoms with E-state index in [1.54, 1.807) is 23.7 Å². The van der Waals surface area contributed by atoms with Crippen molar-refractivity contribution in [3.63, 3.8) is 0 Å². The number of hydrogen-bond acceptors (Lipinski definition) is 5. The van der Waals surface area contributed by atoms with Crippen LogP contribution in [0, 0.1) is 10.1 Å². The quantitative estimate of drug-likeness (QED) is 0.544. The number of carbonyl (C=O) groups excluding carboxylic acids is 1. The summed E-state index contributed by atoms with van der Waals surface area (Å²) in [6, 6.07) is 14.1. The highest BCUT2D eigenvalue weighted by atomic mass is 16.6. The summed E-state index contributed by atoms with van der Waals surface area (Å²) in [5.41, 5.74) is 3.08. The Morgan fingerprint density at radius 2 is 1.69 bits per heavy atom. The lowest BCUT2D eigenvalue weighted by atomic mass is 10.2. The first kappa shape index (κ1) is 18.9. The SMILES string of the molecule is CN1CCN(c2ccc(NC(=O)c3cc4cc([N+](=O)[O-])ccc4n3C)cc2)CC1. The maximum Gasteiger partial charge on any atom is 0.272 e. The number of non-ortho nitro benzene ring substituents is 1. The fourth-order valence-electron chi connectivity index (χ4n) is 3.68. The predicted molar refractivity (Wildman–Crippen MR) is 114 cm³/mol. The fourth-order valence-corrected chi connectivity index (χ4v) is 3.68. The molecule has 0 bridgehead atoms. The molecule has 1 aliphatic rings. The van der Waals surface area contributed by atoms with Crippen LogP contribution in [0.2, 0.25) is 0 Å². The van der Waals surface area contributed by atoms with Crippen molar-refractivity contribution < 1.29 is 9.72 Å². The van der Waals surface area contributed by atoms with E-state index in [1.807, 2.05) is 24.3 Å². The van der Waals surface area contributed by atoms with Crippen molar-refractivity contribution >= 4 is 33.9 Å². The van der Waals surface area contributed by atoms with Crippen LogP contribution in [0.4, 0.5) is 17.1 Å². The molecule has 150 valence electrons. The Kier molecular flexibility index (Phi) is 4.94. The standard InChI is InChI=1S/C21H23N5O3/c1-23-9-11-25(12-10-23)17-5-3-16(4-6-17)22-21(27)20-14-15-13-18(26(28)29)7-8-19(15)24(20)2/h3-8,13-14H,9-12H2,1-2H3,(H,22,27). The summed E-state index contributed by atoms with van der Waals surface area (Å²) in [5, 5.41) is 14.6. The number of benzene rings is 2. The fraction of sp³-hybridized carbons (Fsp3) is 0.286. The maximum atomic E-state index is 12.8. The predicted octanol–water partition coefficient (Wildman–Crippen LogP) is 3.09. The number of anilines is 2. The number of amides is 1. The van der Waals surface area contributed by atoms with Crippen LogP contribution in [-0.2, 0) is 7.05 Å². The minimum atomic E-state index is -0.436. The van der Waals surface area contributed by atoms with Crippen molar-refractivity contribution in [3.05, 3.63) is 64.3 Å². The molecular weight excluding hydrogens is 370 g/mol. The van der Waals surface area contributed by atoms with Crippen molar-refractivity contribution in [1.29, 1.82) is 0 Å². The van der Waals surface area contributed by atoms with Gasteiger partial charge in [0.1, 0.15) is 5.69 Å². The molecule has 0 aliphatic carbocycles. The molecule has 1 saturated heterocycles. The molecule has 0 spiro atoms. The number of nitrogens with zero attached hydrogens (tertiary/aromatic N) is 4. The summed E-state index contributed by atoms with van der Waals surface area (Å²) in [4.78, 5) is 28.0. The molecule has 1 amide bonds. The summed E-state index contributed by atoms with van der Waals surface area (Å²) >= 11 is 0. The third kappa shape index (κ3) is 3.79. The lowest BCUT2D eigenvalue weighted by Crippen LogP contribution is -2.44. The summed E-state index contributed by atoms with van der Waals surface area (Å²) in [6.07, 6.45) is 0. The van der Waals surface area contributed by atoms with Gasteiger partial charge in [-0.05, 0) is 43.4 Å². The van der Waals surface area contributed by atoms with Gasteiger partial charge >= 0.3 is 0 Å². The van der Waals surface area contributed by atoms with Gasteiger partial charge in [-0.3, -0.25) is 14.9 Å². The second-order valence-corrected chi connectivity index (χ2v) is 7.38. The number of nitro groups is 1. The summed E-state index contributed by atoms with van der Waals surface area (Å²) in [5.74, 6) is -0.251. The molecule has 0 radical (unpaired) electrons. The minimum absolute atomic E-state index is 0.00885. The van der Waals surface area contributed by atoms with E-state index in [-0.39, 0.29) is 11.6 Å². The van der Waals surface area contributed by atoms with E-state index in [9.17, 15) is 14.9 Å². The zero-order valence-corrected chi connectivity index (χ0v) is 16.5. The average molecular weight is 393 g/mol. The van der Waals surface area contributed by atoms with Gasteiger partial charge in [-0.15, -0.1) is 0 Å². The van der Waals surface area contributed by atoms with Gasteiger partial charge in [0.25, 0.3) is 11.6 Å². The molecule has 0 atom stereocenters. The van der Waals surface area contributed by atoms with Crippen LogP contribution < -0.4 is 10.2 Å². The molecule has 1 N–H and O–H groups in total. The van der Waals surface area contributed by atoms with Crippen LogP contribution in [-0.4, -0.2) is 53.5 Å². The molecule has 8 nitrogen and oxygen atoms in total. The third-order valence-corrected chi connectivity index (χ3v) is 5.46. The number of aryl methyl sites for hydroxylation is 1. The number of carbonyl (C=O) groups is 1. The van der Waals surface area contributed by atoms with Crippen molar-refractivity contribution in [2.75, 3.05) is 43.4 Å². The van der Waals surface area contributed by atoms with Crippen molar-refractivity contribution in [3.8, 4) is 0 Å². The molecular formula is C21H23N5O3. The first-order chi connectivity index (χ1) is 13.9. The Bertz CT molecular complexity index is 1070. The molecule has 29 heavy (non-hydrogen) atoms. The number of piperazine rings is 1. The number of rotatable bonds is 4. The number of hydrogen-bond donors (Lipinski definition) is 1. The molecule has 3 aromatic rings. The number of nitrogens with one attached hydrogen (secondary N) is 1. The lowest BCUT2D eigenvalue weighted by molar-refractivity contribution is -0.384. The first-order valence-corrected chi connectivity index (χ1v) is 9.51. The van der Waals surface area contributed by atoms with Gasteiger partial charge in [0.2, 0.25) is 0 Å². The Morgan fingerprint density at radius 1 is 1.00 bits per heavy atom. The van der Waals surface area contributed by atoms with Crippen LogP contribution in [0.1, 0.15) is 10.5 Å². The first-order valence-electron chi connectivity index (χ1n) is 9.51. The molecule has 1 aliphatic heterocycles. The highest BCUT2D eigenvalue weighted by molar-refractivity contribution is 6.06. The van der Waals surface area contributed by atoms with Gasteiger partial charge in [-0.1, -0.05) is 0 Å². The number of fused-ring (bicyclic) bond motifs is 1. The van der Waals surface area contributed by atoms with Gasteiger partial charge in [-0.2, -0.15) is 0 Å². The molecule has 2 heterocycles. The number of nitro benzene ring substituents is 1. The molecule has 4 rings (SSSR count). The second kappa shape index (κ2) is 7.56. The number of aromatic nitrogens is 1. The van der Waals surface area contributed by atoms with E-state index in [0.29, 0.717) is 16.8 Å². The van der Waals surface area contributed by atoms with Crippen molar-refractivity contribution in [2.24, 2.45) is 7.05 Å². The molecule has 8 heteroatoms. The zero-order valence-electron chi connectivity index (χ0n) is 16.5. The zero-order chi connectivity index (χ0) is 20.5. The van der Waals surface area contributed by atoms with E-state index in [4.69, 9.17) is 0 Å². The number of likely N-dealkylation sites (N-methyl/N-ethyl adjacent to an activating group) is 1. The largest absolute Gasteiger partial charge is 0.369 e. The second-order valence-electron chi connectivity index (χ2n) is 7.38.